The molecule has 0 saturated heterocycles. The van der Waals surface area contributed by atoms with Crippen LogP contribution in [0.3, 0.4) is 0 Å². The molecule has 0 heterocycles. The Morgan fingerprint density at radius 2 is 2.12 bits per heavy atom. The number of methoxy groups -OCH3 is 1. The van der Waals surface area contributed by atoms with E-state index in [2.05, 4.69) is 27.6 Å². The molecule has 0 saturated carbocycles. The van der Waals surface area contributed by atoms with Crippen molar-refractivity contribution in [3.63, 3.8) is 0 Å². The number of ether oxygens (including phenoxy) is 1. The van der Waals surface area contributed by atoms with E-state index in [0.29, 0.717) is 0 Å². The van der Waals surface area contributed by atoms with Crippen LogP contribution in [-0.4, -0.2) is 64.3 Å². The van der Waals surface area contributed by atoms with Crippen molar-refractivity contribution in [2.24, 2.45) is 4.99 Å². The third kappa shape index (κ3) is 9.47. The van der Waals surface area contributed by atoms with Crippen molar-refractivity contribution >= 4 is 5.96 Å². The second kappa shape index (κ2) is 12.7. The smallest absolute Gasteiger partial charge is 0.191 e. The fourth-order valence-corrected chi connectivity index (χ4v) is 2.25. The number of nitrogens with zero attached hydrogens (tertiary/aromatic N) is 2. The SMILES string of the molecule is CCNC(=NCCCN(C)CCOC)NCCc1cccc(F)c1. The molecule has 5 nitrogen and oxygen atoms in total. The maximum absolute atomic E-state index is 13.2. The minimum atomic E-state index is -0.189. The van der Waals surface area contributed by atoms with Crippen LogP contribution in [0.4, 0.5) is 4.39 Å². The fourth-order valence-electron chi connectivity index (χ4n) is 2.25. The van der Waals surface area contributed by atoms with Crippen LogP contribution in [0.1, 0.15) is 18.9 Å². The Balaban J connectivity index is 2.29. The number of rotatable bonds is 11. The summed E-state index contributed by atoms with van der Waals surface area (Å²) in [5, 5.41) is 6.53. The predicted octanol–water partition coefficient (Wildman–Crippen LogP) is 1.89. The lowest BCUT2D eigenvalue weighted by Gasteiger charge is -2.15. The molecular weight excluding hydrogens is 307 g/mol. The molecule has 1 rings (SSSR count). The van der Waals surface area contributed by atoms with Crippen molar-refractivity contribution < 1.29 is 9.13 Å². The quantitative estimate of drug-likeness (QED) is 0.368. The molecule has 136 valence electrons. The molecule has 0 bridgehead atoms. The van der Waals surface area contributed by atoms with Crippen LogP contribution >= 0.6 is 0 Å². The Bertz CT molecular complexity index is 482. The first-order chi connectivity index (χ1) is 11.7. The zero-order valence-corrected chi connectivity index (χ0v) is 15.1. The first kappa shape index (κ1) is 20.4. The molecule has 24 heavy (non-hydrogen) atoms. The number of likely N-dealkylation sites (N-methyl/N-ethyl adjacent to an activating group) is 1. The second-order valence-electron chi connectivity index (χ2n) is 5.72. The average molecular weight is 338 g/mol. The molecule has 0 aliphatic carbocycles. The van der Waals surface area contributed by atoms with Crippen molar-refractivity contribution in [1.29, 1.82) is 0 Å². The minimum Gasteiger partial charge on any atom is -0.383 e. The highest BCUT2D eigenvalue weighted by atomic mass is 19.1. The Kier molecular flexibility index (Phi) is 10.8. The predicted molar refractivity (Wildman–Crippen MR) is 98.1 cm³/mol. The number of guanidine groups is 1. The highest BCUT2D eigenvalue weighted by molar-refractivity contribution is 5.79. The van der Waals surface area contributed by atoms with Crippen LogP contribution in [0.5, 0.6) is 0 Å². The maximum atomic E-state index is 13.2. The lowest BCUT2D eigenvalue weighted by atomic mass is 10.1. The summed E-state index contributed by atoms with van der Waals surface area (Å²) in [7, 11) is 3.81. The Hall–Kier alpha value is -1.66. The number of nitrogens with one attached hydrogen (secondary N) is 2. The molecule has 0 radical (unpaired) electrons. The number of hydrogen-bond acceptors (Lipinski definition) is 3. The van der Waals surface area contributed by atoms with E-state index in [0.717, 1.165) is 63.7 Å². The lowest BCUT2D eigenvalue weighted by Crippen LogP contribution is -2.38. The normalized spacial score (nSPS) is 11.8. The Morgan fingerprint density at radius 1 is 1.29 bits per heavy atom. The van der Waals surface area contributed by atoms with Crippen LogP contribution in [0.2, 0.25) is 0 Å². The van der Waals surface area contributed by atoms with Gasteiger partial charge in [-0.05, 0) is 51.1 Å². The van der Waals surface area contributed by atoms with Crippen LogP contribution in [0, 0.1) is 5.82 Å². The van der Waals surface area contributed by atoms with Crippen molar-refractivity contribution in [3.8, 4) is 0 Å². The van der Waals surface area contributed by atoms with Gasteiger partial charge < -0.3 is 20.3 Å². The molecule has 0 aromatic heterocycles. The van der Waals surface area contributed by atoms with Gasteiger partial charge in [-0.25, -0.2) is 4.39 Å². The molecule has 0 aliphatic rings. The first-order valence-corrected chi connectivity index (χ1v) is 8.59. The van der Waals surface area contributed by atoms with Gasteiger partial charge in [-0.3, -0.25) is 4.99 Å². The first-order valence-electron chi connectivity index (χ1n) is 8.59. The van der Waals surface area contributed by atoms with Gasteiger partial charge in [0.2, 0.25) is 0 Å². The molecule has 6 heteroatoms. The highest BCUT2D eigenvalue weighted by Gasteiger charge is 2.00. The van der Waals surface area contributed by atoms with Crippen molar-refractivity contribution in [1.82, 2.24) is 15.5 Å². The van der Waals surface area contributed by atoms with Crippen molar-refractivity contribution in [2.75, 3.05) is 53.5 Å². The van der Waals surface area contributed by atoms with Gasteiger partial charge in [-0.1, -0.05) is 12.1 Å². The van der Waals surface area contributed by atoms with E-state index < -0.39 is 0 Å². The molecule has 1 aromatic rings. The summed E-state index contributed by atoms with van der Waals surface area (Å²) in [4.78, 5) is 6.82. The summed E-state index contributed by atoms with van der Waals surface area (Å²) >= 11 is 0. The number of benzene rings is 1. The van der Waals surface area contributed by atoms with E-state index >= 15 is 0 Å². The number of halogens is 1. The van der Waals surface area contributed by atoms with E-state index in [1.807, 2.05) is 13.0 Å². The van der Waals surface area contributed by atoms with E-state index in [4.69, 9.17) is 4.74 Å². The summed E-state index contributed by atoms with van der Waals surface area (Å²) in [6.45, 7) is 7.04. The molecule has 0 unspecified atom stereocenters. The summed E-state index contributed by atoms with van der Waals surface area (Å²) in [6, 6.07) is 6.71. The molecule has 0 fully saturated rings. The summed E-state index contributed by atoms with van der Waals surface area (Å²) in [5.41, 5.74) is 0.984. The van der Waals surface area contributed by atoms with E-state index in [9.17, 15) is 4.39 Å². The third-order valence-corrected chi connectivity index (χ3v) is 3.58. The number of aliphatic imine (C=N–C) groups is 1. The summed E-state index contributed by atoms with van der Waals surface area (Å²) < 4.78 is 18.2. The van der Waals surface area contributed by atoms with E-state index in [1.54, 1.807) is 19.2 Å². The van der Waals surface area contributed by atoms with Crippen molar-refractivity contribution in [2.45, 2.75) is 19.8 Å². The molecular formula is C18H31FN4O. The van der Waals surface area contributed by atoms with Crippen LogP contribution in [0.15, 0.2) is 29.3 Å². The fraction of sp³-hybridized carbons (Fsp3) is 0.611. The zero-order chi connectivity index (χ0) is 17.6. The third-order valence-electron chi connectivity index (χ3n) is 3.58. The molecule has 0 aliphatic heterocycles. The Labute approximate surface area is 145 Å². The molecule has 1 aromatic carbocycles. The molecule has 2 N–H and O–H groups in total. The largest absolute Gasteiger partial charge is 0.383 e. The zero-order valence-electron chi connectivity index (χ0n) is 15.1. The van der Waals surface area contributed by atoms with E-state index in [-0.39, 0.29) is 5.82 Å². The van der Waals surface area contributed by atoms with Gasteiger partial charge in [0.1, 0.15) is 5.82 Å². The van der Waals surface area contributed by atoms with Gasteiger partial charge in [0.25, 0.3) is 0 Å². The molecule has 0 atom stereocenters. The highest BCUT2D eigenvalue weighted by Crippen LogP contribution is 2.03. The van der Waals surface area contributed by atoms with Gasteiger partial charge in [0, 0.05) is 33.3 Å². The van der Waals surface area contributed by atoms with Gasteiger partial charge in [0.15, 0.2) is 5.96 Å². The minimum absolute atomic E-state index is 0.189. The van der Waals surface area contributed by atoms with Crippen LogP contribution in [0.25, 0.3) is 0 Å². The standard InChI is InChI=1S/C18H31FN4O/c1-4-20-18(21-10-6-12-23(2)13-14-24-3)22-11-9-16-7-5-8-17(19)15-16/h5,7-8,15H,4,6,9-14H2,1-3H3,(H2,20,21,22). The van der Waals surface area contributed by atoms with Gasteiger partial charge in [-0.2, -0.15) is 0 Å². The van der Waals surface area contributed by atoms with E-state index in [1.165, 1.54) is 6.07 Å². The topological polar surface area (TPSA) is 48.9 Å². The lowest BCUT2D eigenvalue weighted by molar-refractivity contribution is 0.161. The molecule has 0 amide bonds. The maximum Gasteiger partial charge on any atom is 0.191 e. The second-order valence-corrected chi connectivity index (χ2v) is 5.72. The van der Waals surface area contributed by atoms with Gasteiger partial charge in [0.05, 0.1) is 6.61 Å². The summed E-state index contributed by atoms with van der Waals surface area (Å²) in [5.74, 6) is 0.624. The molecule has 0 spiro atoms. The number of hydrogen-bond donors (Lipinski definition) is 2. The monoisotopic (exact) mass is 338 g/mol. The Morgan fingerprint density at radius 3 is 2.83 bits per heavy atom. The average Bonchev–Trinajstić information content (AvgIpc) is 2.57. The van der Waals surface area contributed by atoms with Gasteiger partial charge >= 0.3 is 0 Å². The van der Waals surface area contributed by atoms with Crippen LogP contribution in [-0.2, 0) is 11.2 Å². The van der Waals surface area contributed by atoms with Crippen molar-refractivity contribution in [3.05, 3.63) is 35.6 Å². The van der Waals surface area contributed by atoms with Gasteiger partial charge in [-0.15, -0.1) is 0 Å². The van der Waals surface area contributed by atoms with Crippen LogP contribution < -0.4 is 10.6 Å². The summed E-state index contributed by atoms with van der Waals surface area (Å²) in [6.07, 6.45) is 1.77.